The largest absolute Gasteiger partial charge is 0.483 e. The minimum Gasteiger partial charge on any atom is -0.483 e. The lowest BCUT2D eigenvalue weighted by Crippen LogP contribution is -2.25. The predicted molar refractivity (Wildman–Crippen MR) is 72.9 cm³/mol. The molecule has 1 rings (SSSR count). The average Bonchev–Trinajstić information content (AvgIpc) is 2.27. The number of hydrogen-bond donors (Lipinski definition) is 1. The Bertz CT molecular complexity index is 419. The summed E-state index contributed by atoms with van der Waals surface area (Å²) in [5.74, 6) is 0.819. The van der Waals surface area contributed by atoms with Gasteiger partial charge in [0, 0.05) is 6.21 Å². The summed E-state index contributed by atoms with van der Waals surface area (Å²) in [5, 5.41) is 3.82. The molecule has 0 spiro atoms. The summed E-state index contributed by atoms with van der Waals surface area (Å²) in [7, 11) is 0. The molecule has 0 radical (unpaired) electrons. The molecule has 98 valence electrons. The highest BCUT2D eigenvalue weighted by Gasteiger charge is 2.06. The van der Waals surface area contributed by atoms with E-state index in [2.05, 4.69) is 10.5 Å². The zero-order valence-corrected chi connectivity index (χ0v) is 11.4. The topological polar surface area (TPSA) is 50.7 Å². The second-order valence-electron chi connectivity index (χ2n) is 4.57. The van der Waals surface area contributed by atoms with Crippen molar-refractivity contribution in [2.24, 2.45) is 11.0 Å². The number of para-hydroxylation sites is 1. The first kappa shape index (κ1) is 14.2. The number of nitrogens with one attached hydrogen (secondary N) is 1. The highest BCUT2D eigenvalue weighted by atomic mass is 16.5. The Kier molecular flexibility index (Phi) is 5.36. The van der Waals surface area contributed by atoms with E-state index in [0.29, 0.717) is 5.92 Å². The van der Waals surface area contributed by atoms with Gasteiger partial charge in [-0.1, -0.05) is 32.0 Å². The molecule has 0 aliphatic heterocycles. The van der Waals surface area contributed by atoms with Crippen LogP contribution in [0.4, 0.5) is 0 Å². The Morgan fingerprint density at radius 3 is 2.56 bits per heavy atom. The number of ether oxygens (including phenoxy) is 1. The summed E-state index contributed by atoms with van der Waals surface area (Å²) in [6, 6.07) is 5.87. The van der Waals surface area contributed by atoms with E-state index in [4.69, 9.17) is 4.74 Å². The molecule has 0 aromatic heterocycles. The molecular weight excluding hydrogens is 228 g/mol. The monoisotopic (exact) mass is 248 g/mol. The van der Waals surface area contributed by atoms with Gasteiger partial charge in [-0.2, -0.15) is 5.10 Å². The number of hydrogen-bond acceptors (Lipinski definition) is 3. The van der Waals surface area contributed by atoms with Gasteiger partial charge < -0.3 is 4.74 Å². The van der Waals surface area contributed by atoms with E-state index in [1.807, 2.05) is 45.9 Å². The molecule has 0 heterocycles. The Balaban J connectivity index is 2.48. The third kappa shape index (κ3) is 4.57. The molecular formula is C14H20N2O2. The van der Waals surface area contributed by atoms with E-state index in [9.17, 15) is 4.79 Å². The van der Waals surface area contributed by atoms with E-state index in [0.717, 1.165) is 16.9 Å². The first-order valence-corrected chi connectivity index (χ1v) is 6.01. The maximum Gasteiger partial charge on any atom is 0.277 e. The molecule has 0 atom stereocenters. The number of benzene rings is 1. The van der Waals surface area contributed by atoms with Crippen molar-refractivity contribution in [1.82, 2.24) is 5.43 Å². The van der Waals surface area contributed by atoms with Gasteiger partial charge in [-0.3, -0.25) is 4.79 Å². The fourth-order valence-electron chi connectivity index (χ4n) is 1.46. The van der Waals surface area contributed by atoms with Gasteiger partial charge >= 0.3 is 0 Å². The third-order valence-electron chi connectivity index (χ3n) is 2.32. The Labute approximate surface area is 108 Å². The summed E-state index contributed by atoms with van der Waals surface area (Å²) >= 11 is 0. The molecule has 0 unspecified atom stereocenters. The van der Waals surface area contributed by atoms with Crippen LogP contribution in [0.1, 0.15) is 25.0 Å². The van der Waals surface area contributed by atoms with Crippen LogP contribution in [0, 0.1) is 19.8 Å². The average molecular weight is 248 g/mol. The number of rotatable bonds is 5. The van der Waals surface area contributed by atoms with Crippen molar-refractivity contribution >= 4 is 12.1 Å². The van der Waals surface area contributed by atoms with Gasteiger partial charge in [0.25, 0.3) is 5.91 Å². The van der Waals surface area contributed by atoms with Gasteiger partial charge in [0.15, 0.2) is 6.61 Å². The number of aryl methyl sites for hydroxylation is 2. The number of amides is 1. The molecule has 0 fully saturated rings. The molecule has 0 aliphatic carbocycles. The van der Waals surface area contributed by atoms with Crippen LogP contribution in [0.25, 0.3) is 0 Å². The molecule has 1 N–H and O–H groups in total. The molecule has 4 heteroatoms. The number of carbonyl (C=O) groups excluding carboxylic acids is 1. The Morgan fingerprint density at radius 1 is 1.39 bits per heavy atom. The summed E-state index contributed by atoms with van der Waals surface area (Å²) in [5.41, 5.74) is 4.47. The smallest absolute Gasteiger partial charge is 0.277 e. The lowest BCUT2D eigenvalue weighted by molar-refractivity contribution is -0.123. The Morgan fingerprint density at radius 2 is 2.00 bits per heavy atom. The predicted octanol–water partition coefficient (Wildman–Crippen LogP) is 2.44. The normalized spacial score (nSPS) is 10.9. The van der Waals surface area contributed by atoms with Crippen molar-refractivity contribution < 1.29 is 9.53 Å². The van der Waals surface area contributed by atoms with Crippen LogP contribution in [0.2, 0.25) is 0 Å². The fraction of sp³-hybridized carbons (Fsp3) is 0.429. The Hall–Kier alpha value is -1.84. The molecule has 0 saturated heterocycles. The zero-order chi connectivity index (χ0) is 13.5. The SMILES string of the molecule is Cc1cccc(C)c1OCC(=O)N/N=C/C(C)C. The van der Waals surface area contributed by atoms with E-state index >= 15 is 0 Å². The summed E-state index contributed by atoms with van der Waals surface area (Å²) in [6.07, 6.45) is 1.68. The van der Waals surface area contributed by atoms with Gasteiger partial charge in [0.05, 0.1) is 0 Å². The molecule has 1 aromatic rings. The quantitative estimate of drug-likeness (QED) is 0.642. The third-order valence-corrected chi connectivity index (χ3v) is 2.32. The second-order valence-corrected chi connectivity index (χ2v) is 4.57. The van der Waals surface area contributed by atoms with Crippen LogP contribution in [0.5, 0.6) is 5.75 Å². The van der Waals surface area contributed by atoms with Gasteiger partial charge in [0.1, 0.15) is 5.75 Å². The summed E-state index contributed by atoms with van der Waals surface area (Å²) in [6.45, 7) is 7.86. The molecule has 4 nitrogen and oxygen atoms in total. The summed E-state index contributed by atoms with van der Waals surface area (Å²) < 4.78 is 5.50. The minimum absolute atomic E-state index is 0.0267. The van der Waals surface area contributed by atoms with Crippen LogP contribution < -0.4 is 10.2 Å². The maximum atomic E-state index is 11.5. The van der Waals surface area contributed by atoms with Crippen LogP contribution in [0.15, 0.2) is 23.3 Å². The molecule has 0 aliphatic rings. The molecule has 0 bridgehead atoms. The maximum absolute atomic E-state index is 11.5. The van der Waals surface area contributed by atoms with E-state index in [1.165, 1.54) is 0 Å². The lowest BCUT2D eigenvalue weighted by Gasteiger charge is -2.10. The van der Waals surface area contributed by atoms with Gasteiger partial charge in [0.2, 0.25) is 0 Å². The minimum atomic E-state index is -0.255. The van der Waals surface area contributed by atoms with Crippen LogP contribution in [-0.4, -0.2) is 18.7 Å². The van der Waals surface area contributed by atoms with Crippen molar-refractivity contribution in [3.63, 3.8) is 0 Å². The molecule has 1 aromatic carbocycles. The van der Waals surface area contributed by atoms with E-state index in [-0.39, 0.29) is 12.5 Å². The first-order chi connectivity index (χ1) is 8.50. The molecule has 18 heavy (non-hydrogen) atoms. The van der Waals surface area contributed by atoms with Crippen molar-refractivity contribution in [2.45, 2.75) is 27.7 Å². The fourth-order valence-corrected chi connectivity index (χ4v) is 1.46. The molecule has 0 saturated carbocycles. The zero-order valence-electron chi connectivity index (χ0n) is 11.4. The highest BCUT2D eigenvalue weighted by molar-refractivity contribution is 5.78. The van der Waals surface area contributed by atoms with Crippen LogP contribution in [-0.2, 0) is 4.79 Å². The highest BCUT2D eigenvalue weighted by Crippen LogP contribution is 2.21. The first-order valence-electron chi connectivity index (χ1n) is 6.01. The van der Waals surface area contributed by atoms with Crippen molar-refractivity contribution in [2.75, 3.05) is 6.61 Å². The van der Waals surface area contributed by atoms with Crippen molar-refractivity contribution in [1.29, 1.82) is 0 Å². The van der Waals surface area contributed by atoms with Gasteiger partial charge in [-0.25, -0.2) is 5.43 Å². The number of hydrazone groups is 1. The lowest BCUT2D eigenvalue weighted by atomic mass is 10.1. The van der Waals surface area contributed by atoms with E-state index in [1.54, 1.807) is 6.21 Å². The van der Waals surface area contributed by atoms with Gasteiger partial charge in [-0.15, -0.1) is 0 Å². The summed E-state index contributed by atoms with van der Waals surface area (Å²) in [4.78, 5) is 11.5. The van der Waals surface area contributed by atoms with Crippen molar-refractivity contribution in [3.05, 3.63) is 29.3 Å². The van der Waals surface area contributed by atoms with Crippen LogP contribution >= 0.6 is 0 Å². The molecule has 1 amide bonds. The number of nitrogens with zero attached hydrogens (tertiary/aromatic N) is 1. The standard InChI is InChI=1S/C14H20N2O2/c1-10(2)8-15-16-13(17)9-18-14-11(3)6-5-7-12(14)4/h5-8,10H,9H2,1-4H3,(H,16,17)/b15-8+. The van der Waals surface area contributed by atoms with Crippen LogP contribution in [0.3, 0.4) is 0 Å². The van der Waals surface area contributed by atoms with Gasteiger partial charge in [-0.05, 0) is 30.9 Å². The van der Waals surface area contributed by atoms with Crippen molar-refractivity contribution in [3.8, 4) is 5.75 Å². The van der Waals surface area contributed by atoms with E-state index < -0.39 is 0 Å². The number of carbonyl (C=O) groups is 1. The second kappa shape index (κ2) is 6.79.